The summed E-state index contributed by atoms with van der Waals surface area (Å²) in [5.74, 6) is -1.85. The Morgan fingerprint density at radius 3 is 2.39 bits per heavy atom. The first-order valence-corrected chi connectivity index (χ1v) is 11.3. The molecule has 0 bridgehead atoms. The second-order valence-corrected chi connectivity index (χ2v) is 10.7. The minimum atomic E-state index is -4.44. The fourth-order valence-electron chi connectivity index (χ4n) is 3.49. The van der Waals surface area contributed by atoms with E-state index in [1.54, 1.807) is 39.0 Å². The topological polar surface area (TPSA) is 75.6 Å². The maximum absolute atomic E-state index is 13.1. The summed E-state index contributed by atoms with van der Waals surface area (Å²) < 4.78 is 44.9. The zero-order valence-electron chi connectivity index (χ0n) is 18.1. The fourth-order valence-corrected chi connectivity index (χ4v) is 4.92. The Hall–Kier alpha value is -2.39. The quantitative estimate of drug-likeness (QED) is 0.540. The van der Waals surface area contributed by atoms with Gasteiger partial charge in [0.25, 0.3) is 5.91 Å². The SMILES string of the molecule is CC(C)(C)C(NC(=O)C1=C(OCc2ccc(C(F)(F)F)cc2)C2C=C(Cl)SC2C=C1)C(=O)O. The van der Waals surface area contributed by atoms with Gasteiger partial charge >= 0.3 is 12.1 Å². The van der Waals surface area contributed by atoms with Gasteiger partial charge in [0.15, 0.2) is 0 Å². The van der Waals surface area contributed by atoms with E-state index in [-0.39, 0.29) is 23.3 Å². The van der Waals surface area contributed by atoms with Gasteiger partial charge in [-0.2, -0.15) is 13.2 Å². The molecule has 3 rings (SSSR count). The summed E-state index contributed by atoms with van der Waals surface area (Å²) in [6.07, 6.45) is 0.670. The van der Waals surface area contributed by atoms with Crippen LogP contribution in [0.4, 0.5) is 13.2 Å². The molecule has 10 heteroatoms. The van der Waals surface area contributed by atoms with Crippen molar-refractivity contribution in [1.29, 1.82) is 0 Å². The van der Waals surface area contributed by atoms with Crippen molar-refractivity contribution in [3.05, 3.63) is 69.3 Å². The molecule has 5 nitrogen and oxygen atoms in total. The van der Waals surface area contributed by atoms with Gasteiger partial charge in [-0.3, -0.25) is 4.79 Å². The molecule has 1 aromatic carbocycles. The van der Waals surface area contributed by atoms with E-state index in [1.807, 2.05) is 0 Å². The van der Waals surface area contributed by atoms with Crippen molar-refractivity contribution in [2.24, 2.45) is 11.3 Å². The van der Waals surface area contributed by atoms with Gasteiger partial charge in [0, 0.05) is 5.25 Å². The Morgan fingerprint density at radius 1 is 1.21 bits per heavy atom. The zero-order valence-corrected chi connectivity index (χ0v) is 19.6. The van der Waals surface area contributed by atoms with Gasteiger partial charge in [0.2, 0.25) is 0 Å². The number of thioether (sulfide) groups is 1. The Kier molecular flexibility index (Phi) is 7.24. The molecule has 2 aliphatic rings. The maximum atomic E-state index is 13.1. The fraction of sp³-hybridized carbons (Fsp3) is 0.391. The van der Waals surface area contributed by atoms with Gasteiger partial charge in [-0.05, 0) is 35.3 Å². The number of hydrogen-bond acceptors (Lipinski definition) is 4. The summed E-state index contributed by atoms with van der Waals surface area (Å²) in [4.78, 5) is 24.7. The smallest absolute Gasteiger partial charge is 0.416 e. The van der Waals surface area contributed by atoms with Crippen LogP contribution in [0.3, 0.4) is 0 Å². The van der Waals surface area contributed by atoms with Crippen molar-refractivity contribution in [3.63, 3.8) is 0 Å². The predicted octanol–water partition coefficient (Wildman–Crippen LogP) is 5.47. The van der Waals surface area contributed by atoms with Gasteiger partial charge < -0.3 is 15.2 Å². The van der Waals surface area contributed by atoms with E-state index >= 15 is 0 Å². The van der Waals surface area contributed by atoms with Crippen LogP contribution in [0.5, 0.6) is 0 Å². The summed E-state index contributed by atoms with van der Waals surface area (Å²) in [5, 5.41) is 12.0. The van der Waals surface area contributed by atoms with E-state index in [1.165, 1.54) is 23.9 Å². The lowest BCUT2D eigenvalue weighted by atomic mass is 9.86. The molecule has 33 heavy (non-hydrogen) atoms. The highest BCUT2D eigenvalue weighted by atomic mass is 35.5. The summed E-state index contributed by atoms with van der Waals surface area (Å²) in [5.41, 5.74) is -0.867. The number of fused-ring (bicyclic) bond motifs is 1. The van der Waals surface area contributed by atoms with Gasteiger partial charge in [-0.1, -0.05) is 50.6 Å². The van der Waals surface area contributed by atoms with Crippen LogP contribution < -0.4 is 5.32 Å². The average Bonchev–Trinajstić information content (AvgIpc) is 3.09. The highest BCUT2D eigenvalue weighted by molar-refractivity contribution is 8.05. The third-order valence-corrected chi connectivity index (χ3v) is 6.72. The largest absolute Gasteiger partial charge is 0.492 e. The summed E-state index contributed by atoms with van der Waals surface area (Å²) >= 11 is 7.56. The number of amides is 1. The van der Waals surface area contributed by atoms with Crippen LogP contribution >= 0.6 is 23.4 Å². The Balaban J connectivity index is 1.87. The molecular weight excluding hydrogens is 479 g/mol. The van der Waals surface area contributed by atoms with Crippen LogP contribution in [0.1, 0.15) is 31.9 Å². The number of carboxylic acid groups (broad SMARTS) is 1. The molecule has 1 heterocycles. The second-order valence-electron chi connectivity index (χ2n) is 8.81. The molecule has 0 aromatic heterocycles. The van der Waals surface area contributed by atoms with Gasteiger partial charge in [-0.25, -0.2) is 4.79 Å². The average molecular weight is 502 g/mol. The van der Waals surface area contributed by atoms with Crippen molar-refractivity contribution in [2.45, 2.75) is 44.8 Å². The third kappa shape index (κ3) is 5.95. The number of halogens is 4. The molecule has 0 saturated heterocycles. The van der Waals surface area contributed by atoms with E-state index in [0.717, 1.165) is 12.1 Å². The molecule has 1 aliphatic carbocycles. The molecule has 1 amide bonds. The molecule has 3 atom stereocenters. The first-order chi connectivity index (χ1) is 15.3. The molecule has 0 spiro atoms. The first-order valence-electron chi connectivity index (χ1n) is 10.1. The van der Waals surface area contributed by atoms with E-state index in [9.17, 15) is 27.9 Å². The second kappa shape index (κ2) is 9.46. The van der Waals surface area contributed by atoms with Crippen LogP contribution in [0.15, 0.2) is 58.2 Å². The minimum Gasteiger partial charge on any atom is -0.492 e. The number of hydrogen-bond donors (Lipinski definition) is 2. The number of aliphatic carboxylic acids is 1. The van der Waals surface area contributed by atoms with Crippen molar-refractivity contribution in [2.75, 3.05) is 0 Å². The number of alkyl halides is 3. The highest BCUT2D eigenvalue weighted by Gasteiger charge is 2.38. The summed E-state index contributed by atoms with van der Waals surface area (Å²) in [7, 11) is 0. The van der Waals surface area contributed by atoms with E-state index in [2.05, 4.69) is 5.32 Å². The number of ether oxygens (including phenoxy) is 1. The predicted molar refractivity (Wildman–Crippen MR) is 120 cm³/mol. The molecule has 0 saturated carbocycles. The van der Waals surface area contributed by atoms with Crippen LogP contribution in [0.25, 0.3) is 0 Å². The molecule has 3 unspecified atom stereocenters. The molecule has 0 radical (unpaired) electrons. The van der Waals surface area contributed by atoms with Crippen LogP contribution in [-0.2, 0) is 27.1 Å². The van der Waals surface area contributed by atoms with Gasteiger partial charge in [0.1, 0.15) is 18.4 Å². The number of carbonyl (C=O) groups excluding carboxylic acids is 1. The van der Waals surface area contributed by atoms with Gasteiger partial charge in [0.05, 0.1) is 21.4 Å². The third-order valence-electron chi connectivity index (χ3n) is 5.24. The van der Waals surface area contributed by atoms with Crippen LogP contribution in [0.2, 0.25) is 0 Å². The van der Waals surface area contributed by atoms with Crippen molar-refractivity contribution in [1.82, 2.24) is 5.32 Å². The molecular formula is C23H23ClF3NO4S. The minimum absolute atomic E-state index is 0.0704. The molecule has 178 valence electrons. The standard InChI is InChI=1S/C23H23ClF3NO4S/c1-22(2,3)19(21(30)31)28-20(29)14-8-9-16-15(10-17(24)33-16)18(14)32-11-12-4-6-13(7-5-12)23(25,26)27/h4-10,15-16,19H,11H2,1-3H3,(H,28,29)(H,30,31). The zero-order chi connectivity index (χ0) is 24.6. The van der Waals surface area contributed by atoms with Gasteiger partial charge in [-0.15, -0.1) is 11.8 Å². The number of allylic oxidation sites excluding steroid dienone is 1. The Morgan fingerprint density at radius 2 is 1.85 bits per heavy atom. The molecule has 0 fully saturated rings. The lowest BCUT2D eigenvalue weighted by molar-refractivity contribution is -0.144. The lowest BCUT2D eigenvalue weighted by Gasteiger charge is -2.30. The van der Waals surface area contributed by atoms with E-state index in [4.69, 9.17) is 16.3 Å². The molecule has 1 aromatic rings. The van der Waals surface area contributed by atoms with E-state index in [0.29, 0.717) is 15.7 Å². The number of benzene rings is 1. The normalized spacial score (nSPS) is 21.4. The number of carbonyl (C=O) groups is 2. The van der Waals surface area contributed by atoms with Crippen molar-refractivity contribution in [3.8, 4) is 0 Å². The number of rotatable bonds is 6. The summed E-state index contributed by atoms with van der Waals surface area (Å²) in [6.45, 7) is 5.03. The van der Waals surface area contributed by atoms with Crippen LogP contribution in [0, 0.1) is 11.3 Å². The van der Waals surface area contributed by atoms with Crippen molar-refractivity contribution >= 4 is 35.2 Å². The highest BCUT2D eigenvalue weighted by Crippen LogP contribution is 2.46. The maximum Gasteiger partial charge on any atom is 0.416 e. The summed E-state index contributed by atoms with van der Waals surface area (Å²) in [6, 6.07) is 3.41. The Labute approximate surface area is 198 Å². The monoisotopic (exact) mass is 501 g/mol. The van der Waals surface area contributed by atoms with Crippen LogP contribution in [-0.4, -0.2) is 28.3 Å². The Bertz CT molecular complexity index is 1030. The van der Waals surface area contributed by atoms with Crippen molar-refractivity contribution < 1.29 is 32.6 Å². The van der Waals surface area contributed by atoms with E-state index < -0.39 is 35.1 Å². The lowest BCUT2D eigenvalue weighted by Crippen LogP contribution is -2.49. The molecule has 2 N–H and O–H groups in total. The number of nitrogens with one attached hydrogen (secondary N) is 1. The number of carboxylic acids is 1. The molecule has 1 aliphatic heterocycles. The first kappa shape index (κ1) is 25.2.